The fraction of sp³-hybridized carbons (Fsp3) is 0.0714. The molecule has 0 fully saturated rings. The van der Waals surface area contributed by atoms with Crippen LogP contribution >= 0.6 is 11.6 Å². The molecular weight excluding hydrogens is 300 g/mol. The van der Waals surface area contributed by atoms with Gasteiger partial charge in [-0.2, -0.15) is 0 Å². The predicted molar refractivity (Wildman–Crippen MR) is 73.6 cm³/mol. The largest absolute Gasteiger partial charge is 0.506 e. The summed E-state index contributed by atoms with van der Waals surface area (Å²) in [6.45, 7) is 1.53. The molecule has 1 aliphatic rings. The first-order valence-electron chi connectivity index (χ1n) is 5.81. The van der Waals surface area contributed by atoms with E-state index in [1.807, 2.05) is 0 Å². The van der Waals surface area contributed by atoms with E-state index in [1.165, 1.54) is 6.92 Å². The molecular formula is C14H7ClO6. The normalized spacial score (nSPS) is 14.8. The Morgan fingerprint density at radius 1 is 1.10 bits per heavy atom. The van der Waals surface area contributed by atoms with Crippen molar-refractivity contribution in [3.63, 3.8) is 0 Å². The molecule has 106 valence electrons. The van der Waals surface area contributed by atoms with Crippen molar-refractivity contribution in [1.29, 1.82) is 0 Å². The number of aliphatic hydroxyl groups excluding tert-OH is 1. The summed E-state index contributed by atoms with van der Waals surface area (Å²) >= 11 is 5.57. The molecule has 0 radical (unpaired) electrons. The van der Waals surface area contributed by atoms with Gasteiger partial charge in [0.2, 0.25) is 11.6 Å². The van der Waals surface area contributed by atoms with E-state index in [0.717, 1.165) is 12.1 Å². The van der Waals surface area contributed by atoms with Crippen LogP contribution in [0.3, 0.4) is 0 Å². The average molecular weight is 307 g/mol. The summed E-state index contributed by atoms with van der Waals surface area (Å²) in [5.41, 5.74) is -1.19. The first-order chi connectivity index (χ1) is 9.82. The molecule has 0 amide bonds. The highest BCUT2D eigenvalue weighted by Crippen LogP contribution is 2.39. The summed E-state index contributed by atoms with van der Waals surface area (Å²) in [5, 5.41) is 19.2. The van der Waals surface area contributed by atoms with Gasteiger partial charge >= 0.3 is 0 Å². The van der Waals surface area contributed by atoms with E-state index in [9.17, 15) is 24.6 Å². The van der Waals surface area contributed by atoms with Gasteiger partial charge in [0.05, 0.1) is 5.56 Å². The standard InChI is InChI=1S/C14H7ClO6/c1-4-2-6(16)9-7(21-4)3-5-8(12(9)18)13(19)10(15)14(20)11(5)17/h2-3,18-19H,1H3. The van der Waals surface area contributed by atoms with Crippen molar-refractivity contribution in [2.45, 2.75) is 6.92 Å². The van der Waals surface area contributed by atoms with Crippen molar-refractivity contribution >= 4 is 39.9 Å². The van der Waals surface area contributed by atoms with E-state index < -0.39 is 33.5 Å². The second-order valence-corrected chi connectivity index (χ2v) is 4.94. The van der Waals surface area contributed by atoms with Crippen LogP contribution in [0.4, 0.5) is 0 Å². The molecule has 0 saturated heterocycles. The maximum Gasteiger partial charge on any atom is 0.248 e. The molecule has 1 heterocycles. The van der Waals surface area contributed by atoms with E-state index >= 15 is 0 Å². The van der Waals surface area contributed by atoms with Crippen LogP contribution in [0.25, 0.3) is 16.7 Å². The summed E-state index contributed by atoms with van der Waals surface area (Å²) in [4.78, 5) is 35.5. The number of Topliss-reactive ketones (excluding diaryl/α,β-unsaturated/α-hetero) is 2. The molecule has 3 rings (SSSR count). The number of rotatable bonds is 0. The van der Waals surface area contributed by atoms with Gasteiger partial charge in [0.25, 0.3) is 0 Å². The fourth-order valence-electron chi connectivity index (χ4n) is 2.28. The van der Waals surface area contributed by atoms with Gasteiger partial charge in [-0.3, -0.25) is 14.4 Å². The van der Waals surface area contributed by atoms with Crippen LogP contribution in [-0.2, 0) is 4.79 Å². The van der Waals surface area contributed by atoms with Gasteiger partial charge in [-0.1, -0.05) is 11.6 Å². The van der Waals surface area contributed by atoms with Gasteiger partial charge in [0.1, 0.15) is 33.3 Å². The number of carbonyl (C=O) groups is 2. The van der Waals surface area contributed by atoms with Crippen molar-refractivity contribution in [3.05, 3.63) is 44.3 Å². The Bertz CT molecular complexity index is 935. The van der Waals surface area contributed by atoms with Crippen LogP contribution in [0.1, 0.15) is 21.7 Å². The SMILES string of the molecule is Cc1cc(=O)c2c(O)c3c(cc2o1)C(=O)C(=O)C(Cl)=C3O. The highest BCUT2D eigenvalue weighted by Gasteiger charge is 2.35. The predicted octanol–water partition coefficient (Wildman–Crippen LogP) is 2.04. The van der Waals surface area contributed by atoms with E-state index in [1.54, 1.807) is 0 Å². The molecule has 0 bridgehead atoms. The van der Waals surface area contributed by atoms with E-state index in [0.29, 0.717) is 0 Å². The Morgan fingerprint density at radius 3 is 2.43 bits per heavy atom. The lowest BCUT2D eigenvalue weighted by Crippen LogP contribution is -2.22. The lowest BCUT2D eigenvalue weighted by molar-refractivity contribution is -0.111. The maximum absolute atomic E-state index is 11.9. The highest BCUT2D eigenvalue weighted by atomic mass is 35.5. The Balaban J connectivity index is 2.57. The number of fused-ring (bicyclic) bond motifs is 2. The van der Waals surface area contributed by atoms with Crippen molar-refractivity contribution in [3.8, 4) is 5.75 Å². The van der Waals surface area contributed by atoms with E-state index in [4.69, 9.17) is 16.0 Å². The number of aliphatic hydroxyl groups is 1. The van der Waals surface area contributed by atoms with Crippen molar-refractivity contribution in [2.24, 2.45) is 0 Å². The molecule has 1 aromatic carbocycles. The lowest BCUT2D eigenvalue weighted by Gasteiger charge is -2.16. The first-order valence-corrected chi connectivity index (χ1v) is 6.19. The van der Waals surface area contributed by atoms with Crippen LogP contribution in [0.5, 0.6) is 5.75 Å². The fourth-order valence-corrected chi connectivity index (χ4v) is 2.46. The van der Waals surface area contributed by atoms with Gasteiger partial charge < -0.3 is 14.6 Å². The number of hydrogen-bond acceptors (Lipinski definition) is 6. The smallest absolute Gasteiger partial charge is 0.248 e. The van der Waals surface area contributed by atoms with Crippen LogP contribution in [0, 0.1) is 6.92 Å². The topological polar surface area (TPSA) is 105 Å². The quantitative estimate of drug-likeness (QED) is 0.722. The Labute approximate surface area is 121 Å². The minimum absolute atomic E-state index is 0.0526. The van der Waals surface area contributed by atoms with Crippen LogP contribution in [-0.4, -0.2) is 21.8 Å². The van der Waals surface area contributed by atoms with E-state index in [-0.39, 0.29) is 27.9 Å². The van der Waals surface area contributed by atoms with Crippen molar-refractivity contribution < 1.29 is 24.2 Å². The minimum atomic E-state index is -1.09. The average Bonchev–Trinajstić information content (AvgIpc) is 2.41. The van der Waals surface area contributed by atoms with E-state index in [2.05, 4.69) is 0 Å². The molecule has 1 aliphatic carbocycles. The zero-order valence-corrected chi connectivity index (χ0v) is 11.3. The molecule has 0 unspecified atom stereocenters. The number of aromatic hydroxyl groups is 1. The summed E-state index contributed by atoms with van der Waals surface area (Å²) in [5.74, 6) is -3.19. The molecule has 0 aliphatic heterocycles. The number of carbonyl (C=O) groups excluding carboxylic acids is 2. The molecule has 2 N–H and O–H groups in total. The number of allylic oxidation sites excluding steroid dienone is 1. The lowest BCUT2D eigenvalue weighted by atomic mass is 9.91. The van der Waals surface area contributed by atoms with Crippen LogP contribution < -0.4 is 5.43 Å². The molecule has 0 spiro atoms. The van der Waals surface area contributed by atoms with Gasteiger partial charge in [-0.15, -0.1) is 0 Å². The van der Waals surface area contributed by atoms with Crippen molar-refractivity contribution in [2.75, 3.05) is 0 Å². The van der Waals surface area contributed by atoms with Crippen LogP contribution in [0.2, 0.25) is 0 Å². The van der Waals surface area contributed by atoms with Crippen LogP contribution in [0.15, 0.2) is 26.4 Å². The Hall–Kier alpha value is -2.60. The highest BCUT2D eigenvalue weighted by molar-refractivity contribution is 6.64. The third-order valence-electron chi connectivity index (χ3n) is 3.21. The number of ketones is 2. The monoisotopic (exact) mass is 306 g/mol. The zero-order chi connectivity index (χ0) is 15.5. The number of aryl methyl sites for hydroxylation is 1. The third-order valence-corrected chi connectivity index (χ3v) is 3.56. The third kappa shape index (κ3) is 1.69. The molecule has 1 aromatic heterocycles. The molecule has 6 nitrogen and oxygen atoms in total. The number of hydrogen-bond donors (Lipinski definition) is 2. The molecule has 21 heavy (non-hydrogen) atoms. The second kappa shape index (κ2) is 4.20. The second-order valence-electron chi connectivity index (χ2n) is 4.56. The summed E-state index contributed by atoms with van der Waals surface area (Å²) < 4.78 is 5.28. The number of phenols is 1. The van der Waals surface area contributed by atoms with Gasteiger partial charge in [0, 0.05) is 11.6 Å². The zero-order valence-electron chi connectivity index (χ0n) is 10.6. The maximum atomic E-state index is 11.9. The molecule has 0 saturated carbocycles. The molecule has 2 aromatic rings. The number of phenolic OH excluding ortho intramolecular Hbond substituents is 1. The van der Waals surface area contributed by atoms with Crippen molar-refractivity contribution in [1.82, 2.24) is 0 Å². The first kappa shape index (κ1) is 13.4. The summed E-state index contributed by atoms with van der Waals surface area (Å²) in [6.07, 6.45) is 0. The Kier molecular flexibility index (Phi) is 2.67. The summed E-state index contributed by atoms with van der Waals surface area (Å²) in [7, 11) is 0. The van der Waals surface area contributed by atoms with Gasteiger partial charge in [-0.25, -0.2) is 0 Å². The molecule has 0 atom stereocenters. The summed E-state index contributed by atoms with van der Waals surface area (Å²) in [6, 6.07) is 2.30. The Morgan fingerprint density at radius 2 is 1.76 bits per heavy atom. The molecule has 7 heteroatoms. The number of benzene rings is 1. The van der Waals surface area contributed by atoms with Gasteiger partial charge in [0.15, 0.2) is 5.43 Å². The number of halogens is 1. The van der Waals surface area contributed by atoms with Gasteiger partial charge in [-0.05, 0) is 13.0 Å². The minimum Gasteiger partial charge on any atom is -0.506 e.